The second-order valence-electron chi connectivity index (χ2n) is 1.35. The summed E-state index contributed by atoms with van der Waals surface area (Å²) < 4.78 is 10.2. The average molecular weight is 105 g/mol. The van der Waals surface area contributed by atoms with Crippen LogP contribution in [0.15, 0.2) is 0 Å². The van der Waals surface area contributed by atoms with Gasteiger partial charge in [0.1, 0.15) is 0 Å². The molecule has 0 saturated heterocycles. The van der Waals surface area contributed by atoms with Crippen LogP contribution in [0.4, 0.5) is 0 Å². The van der Waals surface area contributed by atoms with Crippen LogP contribution < -0.4 is 0 Å². The van der Waals surface area contributed by atoms with Crippen LogP contribution in [-0.4, -0.2) is 12.8 Å². The van der Waals surface area contributed by atoms with Crippen molar-refractivity contribution in [1.29, 1.82) is 0 Å². The van der Waals surface area contributed by atoms with Gasteiger partial charge in [-0.3, -0.25) is 4.57 Å². The molecule has 1 radical (unpaired) electrons. The molecule has 0 aliphatic rings. The van der Waals surface area contributed by atoms with Crippen molar-refractivity contribution in [2.75, 3.05) is 12.8 Å². The minimum absolute atomic E-state index is 0.851. The summed E-state index contributed by atoms with van der Waals surface area (Å²) in [6.07, 6.45) is 1.93. The van der Waals surface area contributed by atoms with Crippen molar-refractivity contribution in [3.8, 4) is 0 Å². The minimum atomic E-state index is -0.851. The summed E-state index contributed by atoms with van der Waals surface area (Å²) in [4.78, 5) is 0. The van der Waals surface area contributed by atoms with Gasteiger partial charge in [-0.1, -0.05) is 6.92 Å². The molecule has 6 heavy (non-hydrogen) atoms. The summed E-state index contributed by atoms with van der Waals surface area (Å²) in [7, 11) is -0.851. The van der Waals surface area contributed by atoms with Crippen LogP contribution in [0.3, 0.4) is 0 Å². The summed E-state index contributed by atoms with van der Waals surface area (Å²) in [5, 5.41) is 0. The predicted octanol–water partition coefficient (Wildman–Crippen LogP) is 1.85. The van der Waals surface area contributed by atoms with Crippen molar-refractivity contribution in [3.63, 3.8) is 0 Å². The summed E-state index contributed by atoms with van der Waals surface area (Å²) in [6.45, 7) is 3.80. The molecular formula is C4H10OP. The zero-order valence-corrected chi connectivity index (χ0v) is 5.16. The largest absolute Gasteiger partial charge is 0.287 e. The normalized spacial score (nSPS) is 11.3. The van der Waals surface area contributed by atoms with Gasteiger partial charge in [-0.2, -0.15) is 0 Å². The van der Waals surface area contributed by atoms with Crippen LogP contribution in [0.1, 0.15) is 13.3 Å². The zero-order chi connectivity index (χ0) is 4.99. The molecule has 0 aliphatic heterocycles. The van der Waals surface area contributed by atoms with E-state index in [9.17, 15) is 4.57 Å². The van der Waals surface area contributed by atoms with Crippen molar-refractivity contribution in [2.24, 2.45) is 0 Å². The van der Waals surface area contributed by atoms with E-state index in [-0.39, 0.29) is 0 Å². The lowest BCUT2D eigenvalue weighted by molar-refractivity contribution is 0.590. The lowest BCUT2D eigenvalue weighted by Crippen LogP contribution is -1.66. The van der Waals surface area contributed by atoms with Gasteiger partial charge in [-0.25, -0.2) is 0 Å². The fourth-order valence-corrected chi connectivity index (χ4v) is 0.945. The Balaban J connectivity index is 2.83. The fraction of sp³-hybridized carbons (Fsp3) is 1.00. The molecule has 0 fully saturated rings. The first-order chi connectivity index (χ1) is 2.77. The van der Waals surface area contributed by atoms with Crippen LogP contribution in [0.2, 0.25) is 0 Å². The monoisotopic (exact) mass is 105 g/mol. The minimum Gasteiger partial charge on any atom is -0.287 e. The van der Waals surface area contributed by atoms with E-state index < -0.39 is 7.80 Å². The third kappa shape index (κ3) is 4.10. The highest BCUT2D eigenvalue weighted by atomic mass is 31.1. The van der Waals surface area contributed by atoms with Gasteiger partial charge in [-0.05, 0) is 6.42 Å². The smallest absolute Gasteiger partial charge is 0.0686 e. The van der Waals surface area contributed by atoms with Crippen LogP contribution in [0.25, 0.3) is 0 Å². The summed E-state index contributed by atoms with van der Waals surface area (Å²) in [6, 6.07) is 0. The van der Waals surface area contributed by atoms with Gasteiger partial charge in [0.05, 0.1) is 7.80 Å². The molecule has 1 atom stereocenters. The van der Waals surface area contributed by atoms with E-state index in [2.05, 4.69) is 0 Å². The Labute approximate surface area is 39.5 Å². The maximum Gasteiger partial charge on any atom is 0.0686 e. The maximum atomic E-state index is 10.2. The second kappa shape index (κ2) is 3.30. The highest BCUT2D eigenvalue weighted by Crippen LogP contribution is 2.12. The molecule has 0 heterocycles. The van der Waals surface area contributed by atoms with Crippen molar-refractivity contribution in [1.82, 2.24) is 0 Å². The van der Waals surface area contributed by atoms with Crippen LogP contribution >= 0.6 is 7.80 Å². The third-order valence-electron chi connectivity index (χ3n) is 0.539. The van der Waals surface area contributed by atoms with Gasteiger partial charge in [0.15, 0.2) is 0 Å². The Hall–Kier alpha value is 0.100. The predicted molar refractivity (Wildman–Crippen MR) is 28.7 cm³/mol. The molecule has 0 N–H and O–H groups in total. The molecule has 0 spiro atoms. The molecule has 0 rings (SSSR count). The van der Waals surface area contributed by atoms with E-state index in [0.717, 1.165) is 12.6 Å². The van der Waals surface area contributed by atoms with Crippen LogP contribution in [-0.2, 0) is 4.57 Å². The SMILES string of the molecule is CCC[P](C)=O. The van der Waals surface area contributed by atoms with E-state index in [4.69, 9.17) is 0 Å². The van der Waals surface area contributed by atoms with Crippen LogP contribution in [0.5, 0.6) is 0 Å². The van der Waals surface area contributed by atoms with Gasteiger partial charge in [0, 0.05) is 12.8 Å². The van der Waals surface area contributed by atoms with E-state index in [1.807, 2.05) is 6.92 Å². The topological polar surface area (TPSA) is 17.1 Å². The quantitative estimate of drug-likeness (QED) is 0.490. The molecule has 1 unspecified atom stereocenters. The standard InChI is InChI=1S/C4H10OP/c1-3-4-6(2)5/h3-4H2,1-2H3. The van der Waals surface area contributed by atoms with Gasteiger partial charge in [0.2, 0.25) is 0 Å². The molecule has 0 aromatic carbocycles. The molecular weight excluding hydrogens is 95.0 g/mol. The van der Waals surface area contributed by atoms with Gasteiger partial charge in [0.25, 0.3) is 0 Å². The van der Waals surface area contributed by atoms with E-state index in [1.165, 1.54) is 0 Å². The van der Waals surface area contributed by atoms with Gasteiger partial charge < -0.3 is 0 Å². The van der Waals surface area contributed by atoms with Gasteiger partial charge >= 0.3 is 0 Å². The molecule has 0 aromatic heterocycles. The summed E-state index contributed by atoms with van der Waals surface area (Å²) in [5.74, 6) is 0. The lowest BCUT2D eigenvalue weighted by Gasteiger charge is -1.81. The van der Waals surface area contributed by atoms with Crippen molar-refractivity contribution in [3.05, 3.63) is 0 Å². The molecule has 0 amide bonds. The number of hydrogen-bond acceptors (Lipinski definition) is 1. The third-order valence-corrected chi connectivity index (χ3v) is 1.62. The summed E-state index contributed by atoms with van der Waals surface area (Å²) >= 11 is 0. The molecule has 2 heteroatoms. The molecule has 0 bridgehead atoms. The lowest BCUT2D eigenvalue weighted by atomic mass is 10.6. The summed E-state index contributed by atoms with van der Waals surface area (Å²) in [5.41, 5.74) is 0. The van der Waals surface area contributed by atoms with Gasteiger partial charge in [-0.15, -0.1) is 0 Å². The molecule has 1 nitrogen and oxygen atoms in total. The Morgan fingerprint density at radius 1 is 1.67 bits per heavy atom. The Kier molecular flexibility index (Phi) is 3.35. The zero-order valence-electron chi connectivity index (χ0n) is 4.27. The highest BCUT2D eigenvalue weighted by Gasteiger charge is 1.82. The Bertz CT molecular complexity index is 51.5. The second-order valence-corrected chi connectivity index (χ2v) is 3.05. The highest BCUT2D eigenvalue weighted by molar-refractivity contribution is 7.43. The maximum absolute atomic E-state index is 10.2. The van der Waals surface area contributed by atoms with Crippen molar-refractivity contribution in [2.45, 2.75) is 13.3 Å². The molecule has 0 aromatic rings. The fourth-order valence-electron chi connectivity index (χ4n) is 0.315. The first kappa shape index (κ1) is 6.10. The molecule has 0 aliphatic carbocycles. The van der Waals surface area contributed by atoms with E-state index in [1.54, 1.807) is 6.66 Å². The van der Waals surface area contributed by atoms with Crippen LogP contribution in [0, 0.1) is 0 Å². The average Bonchev–Trinajstić information content (AvgIpc) is 1.35. The number of hydrogen-bond donors (Lipinski definition) is 0. The number of rotatable bonds is 2. The van der Waals surface area contributed by atoms with Crippen molar-refractivity contribution >= 4 is 7.80 Å². The Morgan fingerprint density at radius 2 is 2.17 bits per heavy atom. The van der Waals surface area contributed by atoms with E-state index in [0.29, 0.717) is 0 Å². The molecule has 0 saturated carbocycles. The first-order valence-electron chi connectivity index (χ1n) is 2.15. The molecule has 37 valence electrons. The Morgan fingerprint density at radius 3 is 2.17 bits per heavy atom. The van der Waals surface area contributed by atoms with E-state index >= 15 is 0 Å². The first-order valence-corrected chi connectivity index (χ1v) is 4.05. The van der Waals surface area contributed by atoms with Crippen molar-refractivity contribution < 1.29 is 4.57 Å².